The largest absolute Gasteiger partial charge is 0.338 e. The molecule has 1 saturated heterocycles. The first-order chi connectivity index (χ1) is 8.36. The Hall–Kier alpha value is -0.650. The minimum absolute atomic E-state index is 0. The molecule has 0 radical (unpaired) electrons. The van der Waals surface area contributed by atoms with Gasteiger partial charge in [0.25, 0.3) is 0 Å². The van der Waals surface area contributed by atoms with Crippen molar-refractivity contribution >= 4 is 12.4 Å². The van der Waals surface area contributed by atoms with Gasteiger partial charge in [-0.2, -0.15) is 4.98 Å². The zero-order valence-electron chi connectivity index (χ0n) is 10.8. The van der Waals surface area contributed by atoms with E-state index in [0.717, 1.165) is 31.3 Å². The second kappa shape index (κ2) is 5.99. The molecule has 1 atom stereocenters. The molecule has 1 aromatic heterocycles. The van der Waals surface area contributed by atoms with Crippen LogP contribution in [-0.2, 0) is 6.54 Å². The summed E-state index contributed by atoms with van der Waals surface area (Å²) in [7, 11) is 2.01. The van der Waals surface area contributed by atoms with Crippen molar-refractivity contribution in [1.82, 2.24) is 20.4 Å². The molecule has 102 valence electrons. The third kappa shape index (κ3) is 3.02. The van der Waals surface area contributed by atoms with Crippen molar-refractivity contribution in [3.8, 4) is 0 Å². The molecule has 2 heterocycles. The number of hydrogen-bond donors (Lipinski definition) is 1. The summed E-state index contributed by atoms with van der Waals surface area (Å²) >= 11 is 0. The van der Waals surface area contributed by atoms with Crippen molar-refractivity contribution in [3.63, 3.8) is 0 Å². The van der Waals surface area contributed by atoms with Crippen LogP contribution in [0, 0.1) is 0 Å². The van der Waals surface area contributed by atoms with Crippen LogP contribution in [0.15, 0.2) is 4.52 Å². The lowest BCUT2D eigenvalue weighted by atomic mass is 10.2. The second-order valence-corrected chi connectivity index (χ2v) is 5.14. The van der Waals surface area contributed by atoms with Gasteiger partial charge in [0.05, 0.1) is 6.54 Å². The van der Waals surface area contributed by atoms with Crippen LogP contribution < -0.4 is 5.32 Å². The molecule has 1 saturated carbocycles. The van der Waals surface area contributed by atoms with Gasteiger partial charge in [-0.15, -0.1) is 12.4 Å². The van der Waals surface area contributed by atoms with E-state index in [1.165, 1.54) is 25.7 Å². The molecule has 2 aliphatic rings. The summed E-state index contributed by atoms with van der Waals surface area (Å²) in [6.45, 7) is 3.00. The van der Waals surface area contributed by atoms with Gasteiger partial charge in [0.1, 0.15) is 0 Å². The fourth-order valence-electron chi connectivity index (χ4n) is 2.58. The van der Waals surface area contributed by atoms with Crippen LogP contribution in [0.2, 0.25) is 0 Å². The minimum atomic E-state index is 0. The number of nitrogens with one attached hydrogen (secondary N) is 1. The highest BCUT2D eigenvalue weighted by molar-refractivity contribution is 5.85. The summed E-state index contributed by atoms with van der Waals surface area (Å²) in [5.41, 5.74) is 0. The van der Waals surface area contributed by atoms with E-state index in [1.807, 2.05) is 7.05 Å². The average Bonchev–Trinajstić information content (AvgIpc) is 2.93. The van der Waals surface area contributed by atoms with Gasteiger partial charge >= 0.3 is 0 Å². The lowest BCUT2D eigenvalue weighted by Crippen LogP contribution is -2.36. The van der Waals surface area contributed by atoms with Crippen molar-refractivity contribution in [2.45, 2.75) is 44.2 Å². The molecule has 1 aliphatic carbocycles. The number of nitrogens with zero attached hydrogens (tertiary/aromatic N) is 3. The maximum absolute atomic E-state index is 5.33. The maximum Gasteiger partial charge on any atom is 0.240 e. The van der Waals surface area contributed by atoms with E-state index < -0.39 is 0 Å². The van der Waals surface area contributed by atoms with Crippen LogP contribution in [0.3, 0.4) is 0 Å². The highest BCUT2D eigenvalue weighted by Crippen LogP contribution is 2.38. The van der Waals surface area contributed by atoms with E-state index in [4.69, 9.17) is 4.52 Å². The molecule has 18 heavy (non-hydrogen) atoms. The van der Waals surface area contributed by atoms with E-state index in [-0.39, 0.29) is 12.4 Å². The van der Waals surface area contributed by atoms with Crippen LogP contribution in [0.5, 0.6) is 0 Å². The zero-order valence-corrected chi connectivity index (χ0v) is 11.6. The molecule has 1 aromatic rings. The number of rotatable bonds is 5. The molecule has 6 heteroatoms. The molecule has 0 amide bonds. The maximum atomic E-state index is 5.33. The van der Waals surface area contributed by atoms with Gasteiger partial charge in [-0.25, -0.2) is 0 Å². The smallest absolute Gasteiger partial charge is 0.240 e. The van der Waals surface area contributed by atoms with Crippen LogP contribution >= 0.6 is 12.4 Å². The Morgan fingerprint density at radius 1 is 1.39 bits per heavy atom. The predicted molar refractivity (Wildman–Crippen MR) is 70.9 cm³/mol. The van der Waals surface area contributed by atoms with Crippen LogP contribution in [0.4, 0.5) is 0 Å². The van der Waals surface area contributed by atoms with Gasteiger partial charge in [-0.3, -0.25) is 4.90 Å². The van der Waals surface area contributed by atoms with E-state index in [2.05, 4.69) is 20.4 Å². The quantitative estimate of drug-likeness (QED) is 0.881. The van der Waals surface area contributed by atoms with Crippen molar-refractivity contribution in [3.05, 3.63) is 11.7 Å². The predicted octanol–water partition coefficient (Wildman–Crippen LogP) is 1.55. The van der Waals surface area contributed by atoms with Gasteiger partial charge in [0.15, 0.2) is 5.82 Å². The number of aromatic nitrogens is 2. The summed E-state index contributed by atoms with van der Waals surface area (Å²) < 4.78 is 5.33. The summed E-state index contributed by atoms with van der Waals surface area (Å²) in [6.07, 6.45) is 5.00. The van der Waals surface area contributed by atoms with E-state index in [0.29, 0.717) is 12.0 Å². The summed E-state index contributed by atoms with van der Waals surface area (Å²) in [5, 5.41) is 7.31. The molecular formula is C12H21ClN4O. The van der Waals surface area contributed by atoms with Crippen molar-refractivity contribution in [1.29, 1.82) is 0 Å². The van der Waals surface area contributed by atoms with Crippen LogP contribution in [-0.4, -0.2) is 41.2 Å². The SMILES string of the molecule is CNCC1CCCN1Cc1nc(C2CC2)no1.Cl. The standard InChI is InChI=1S/C12H20N4O.ClH/c1-13-7-10-3-2-6-16(10)8-11-14-12(15-17-11)9-4-5-9;/h9-10,13H,2-8H2,1H3;1H. The molecule has 3 rings (SSSR count). The molecule has 0 spiro atoms. The highest BCUT2D eigenvalue weighted by atomic mass is 35.5. The second-order valence-electron chi connectivity index (χ2n) is 5.14. The Labute approximate surface area is 114 Å². The molecule has 1 N–H and O–H groups in total. The summed E-state index contributed by atoms with van der Waals surface area (Å²) in [6, 6.07) is 0.622. The fourth-order valence-corrected chi connectivity index (χ4v) is 2.58. The third-order valence-corrected chi connectivity index (χ3v) is 3.70. The Balaban J connectivity index is 0.00000120. The lowest BCUT2D eigenvalue weighted by molar-refractivity contribution is 0.209. The number of halogens is 1. The van der Waals surface area contributed by atoms with Gasteiger partial charge in [0, 0.05) is 18.5 Å². The monoisotopic (exact) mass is 272 g/mol. The third-order valence-electron chi connectivity index (χ3n) is 3.70. The van der Waals surface area contributed by atoms with Gasteiger partial charge in [-0.1, -0.05) is 5.16 Å². The van der Waals surface area contributed by atoms with E-state index >= 15 is 0 Å². The fraction of sp³-hybridized carbons (Fsp3) is 0.833. The molecule has 1 aliphatic heterocycles. The normalized spacial score (nSPS) is 24.2. The first-order valence-corrected chi connectivity index (χ1v) is 6.58. The molecule has 1 unspecified atom stereocenters. The van der Waals surface area contributed by atoms with Gasteiger partial charge in [0.2, 0.25) is 5.89 Å². The van der Waals surface area contributed by atoms with Gasteiger partial charge in [-0.05, 0) is 39.3 Å². The molecular weight excluding hydrogens is 252 g/mol. The zero-order chi connectivity index (χ0) is 11.7. The van der Waals surface area contributed by atoms with Gasteiger partial charge < -0.3 is 9.84 Å². The number of hydrogen-bond acceptors (Lipinski definition) is 5. The van der Waals surface area contributed by atoms with Crippen molar-refractivity contribution in [2.75, 3.05) is 20.1 Å². The van der Waals surface area contributed by atoms with Crippen LogP contribution in [0.1, 0.15) is 43.3 Å². The first kappa shape index (κ1) is 13.8. The first-order valence-electron chi connectivity index (χ1n) is 6.58. The minimum Gasteiger partial charge on any atom is -0.338 e. The number of likely N-dealkylation sites (N-methyl/N-ethyl adjacent to an activating group) is 1. The molecule has 0 aromatic carbocycles. The Kier molecular flexibility index (Phi) is 4.59. The Bertz CT molecular complexity index is 380. The Morgan fingerprint density at radius 3 is 2.94 bits per heavy atom. The molecule has 2 fully saturated rings. The molecule has 0 bridgehead atoms. The highest BCUT2D eigenvalue weighted by Gasteiger charge is 2.30. The van der Waals surface area contributed by atoms with E-state index in [1.54, 1.807) is 0 Å². The molecule has 5 nitrogen and oxygen atoms in total. The average molecular weight is 273 g/mol. The lowest BCUT2D eigenvalue weighted by Gasteiger charge is -2.22. The summed E-state index contributed by atoms with van der Waals surface area (Å²) in [4.78, 5) is 6.94. The van der Waals surface area contributed by atoms with E-state index in [9.17, 15) is 0 Å². The number of likely N-dealkylation sites (tertiary alicyclic amines) is 1. The van der Waals surface area contributed by atoms with Crippen molar-refractivity contribution < 1.29 is 4.52 Å². The van der Waals surface area contributed by atoms with Crippen molar-refractivity contribution in [2.24, 2.45) is 0 Å². The summed E-state index contributed by atoms with van der Waals surface area (Å²) in [5.74, 6) is 2.29. The Morgan fingerprint density at radius 2 is 2.22 bits per heavy atom. The topological polar surface area (TPSA) is 54.2 Å². The van der Waals surface area contributed by atoms with Crippen LogP contribution in [0.25, 0.3) is 0 Å².